The van der Waals surface area contributed by atoms with Gasteiger partial charge in [-0.2, -0.15) is 0 Å². The second-order valence-electron chi connectivity index (χ2n) is 5.20. The van der Waals surface area contributed by atoms with E-state index in [9.17, 15) is 22.8 Å². The number of carbonyl (C=O) groups excluding carboxylic acids is 3. The minimum absolute atomic E-state index is 0.0145. The molecule has 24 heavy (non-hydrogen) atoms. The van der Waals surface area contributed by atoms with Gasteiger partial charge in [0.05, 0.1) is 11.4 Å². The molecule has 0 aromatic heterocycles. The van der Waals surface area contributed by atoms with Gasteiger partial charge in [-0.15, -0.1) is 0 Å². The zero-order valence-electron chi connectivity index (χ0n) is 12.3. The van der Waals surface area contributed by atoms with Crippen molar-refractivity contribution in [2.24, 2.45) is 5.73 Å². The quantitative estimate of drug-likeness (QED) is 0.701. The summed E-state index contributed by atoms with van der Waals surface area (Å²) >= 11 is 0. The van der Waals surface area contributed by atoms with Gasteiger partial charge >= 0.3 is 0 Å². The Morgan fingerprint density at radius 3 is 2.04 bits per heavy atom. The van der Waals surface area contributed by atoms with Crippen molar-refractivity contribution >= 4 is 27.5 Å². The summed E-state index contributed by atoms with van der Waals surface area (Å²) in [4.78, 5) is 35.5. The van der Waals surface area contributed by atoms with Gasteiger partial charge < -0.3 is 5.73 Å². The lowest BCUT2D eigenvalue weighted by molar-refractivity contribution is -0.116. The van der Waals surface area contributed by atoms with Crippen LogP contribution in [0, 0.1) is 0 Å². The van der Waals surface area contributed by atoms with Crippen LogP contribution in [0.25, 0.3) is 0 Å². The standard InChI is InChI=1S/C16H12N2O5S/c17-14(19)8-18-24(22,23)9-5-6-12-13(7-9)16(21)11-4-2-1-3-10(11)15(12)20/h1-7,18H,8H2,(H2,17,19). The summed E-state index contributed by atoms with van der Waals surface area (Å²) in [6.45, 7) is -0.560. The molecule has 122 valence electrons. The summed E-state index contributed by atoms with van der Waals surface area (Å²) in [7, 11) is -4.02. The molecule has 0 atom stereocenters. The minimum Gasteiger partial charge on any atom is -0.369 e. The molecular formula is C16H12N2O5S. The Balaban J connectivity index is 2.08. The van der Waals surface area contributed by atoms with Crippen LogP contribution in [0.15, 0.2) is 47.4 Å². The van der Waals surface area contributed by atoms with Crippen LogP contribution in [0.5, 0.6) is 0 Å². The molecule has 2 aromatic carbocycles. The second-order valence-corrected chi connectivity index (χ2v) is 6.97. The number of hydrogen-bond acceptors (Lipinski definition) is 5. The fraction of sp³-hybridized carbons (Fsp3) is 0.0625. The van der Waals surface area contributed by atoms with Crippen molar-refractivity contribution in [2.45, 2.75) is 4.90 Å². The summed E-state index contributed by atoms with van der Waals surface area (Å²) in [5.41, 5.74) is 5.60. The first-order valence-electron chi connectivity index (χ1n) is 6.92. The van der Waals surface area contributed by atoms with E-state index >= 15 is 0 Å². The van der Waals surface area contributed by atoms with Gasteiger partial charge in [0, 0.05) is 22.3 Å². The van der Waals surface area contributed by atoms with Crippen molar-refractivity contribution < 1.29 is 22.8 Å². The third kappa shape index (κ3) is 2.61. The fourth-order valence-electron chi connectivity index (χ4n) is 2.50. The number of benzene rings is 2. The highest BCUT2D eigenvalue weighted by molar-refractivity contribution is 7.89. The van der Waals surface area contributed by atoms with Gasteiger partial charge in [0.1, 0.15) is 0 Å². The van der Waals surface area contributed by atoms with Gasteiger partial charge in [-0.05, 0) is 18.2 Å². The number of hydrogen-bond donors (Lipinski definition) is 2. The number of fused-ring (bicyclic) bond motifs is 2. The maximum Gasteiger partial charge on any atom is 0.241 e. The number of carbonyl (C=O) groups is 3. The Kier molecular flexibility index (Phi) is 3.78. The molecule has 8 heteroatoms. The Bertz CT molecular complexity index is 995. The Hall–Kier alpha value is -2.84. The van der Waals surface area contributed by atoms with E-state index in [0.717, 1.165) is 6.07 Å². The Morgan fingerprint density at radius 2 is 1.46 bits per heavy atom. The number of nitrogens with two attached hydrogens (primary N) is 1. The van der Waals surface area contributed by atoms with E-state index in [2.05, 4.69) is 0 Å². The topological polar surface area (TPSA) is 123 Å². The van der Waals surface area contributed by atoms with Gasteiger partial charge in [0.25, 0.3) is 0 Å². The molecule has 0 unspecified atom stereocenters. The van der Waals surface area contributed by atoms with E-state index in [4.69, 9.17) is 5.73 Å². The molecule has 0 saturated carbocycles. The molecule has 0 fully saturated rings. The lowest BCUT2D eigenvalue weighted by atomic mass is 9.84. The summed E-state index contributed by atoms with van der Waals surface area (Å²) in [6, 6.07) is 9.99. The molecule has 0 aliphatic heterocycles. The zero-order valence-corrected chi connectivity index (χ0v) is 13.1. The van der Waals surface area contributed by atoms with E-state index in [0.29, 0.717) is 0 Å². The van der Waals surface area contributed by atoms with Crippen LogP contribution in [-0.2, 0) is 14.8 Å². The van der Waals surface area contributed by atoms with E-state index in [1.807, 2.05) is 4.72 Å². The highest BCUT2D eigenvalue weighted by Crippen LogP contribution is 2.28. The average molecular weight is 344 g/mol. The van der Waals surface area contributed by atoms with Gasteiger partial charge in [-0.25, -0.2) is 13.1 Å². The largest absolute Gasteiger partial charge is 0.369 e. The number of primary amides is 1. The number of nitrogens with one attached hydrogen (secondary N) is 1. The number of sulfonamides is 1. The molecule has 3 N–H and O–H groups in total. The van der Waals surface area contributed by atoms with Gasteiger partial charge in [0.2, 0.25) is 15.9 Å². The Morgan fingerprint density at radius 1 is 0.917 bits per heavy atom. The van der Waals surface area contributed by atoms with Gasteiger partial charge in [-0.3, -0.25) is 14.4 Å². The van der Waals surface area contributed by atoms with Crippen molar-refractivity contribution in [1.82, 2.24) is 4.72 Å². The van der Waals surface area contributed by atoms with Crippen molar-refractivity contribution in [3.8, 4) is 0 Å². The molecule has 0 radical (unpaired) electrons. The smallest absolute Gasteiger partial charge is 0.241 e. The van der Waals surface area contributed by atoms with Crippen LogP contribution >= 0.6 is 0 Å². The van der Waals surface area contributed by atoms with Crippen LogP contribution in [0.1, 0.15) is 31.8 Å². The maximum atomic E-state index is 12.6. The molecule has 7 nitrogen and oxygen atoms in total. The highest BCUT2D eigenvalue weighted by atomic mass is 32.2. The van der Waals surface area contributed by atoms with Crippen molar-refractivity contribution in [3.05, 3.63) is 64.7 Å². The van der Waals surface area contributed by atoms with Gasteiger partial charge in [0.15, 0.2) is 11.6 Å². The second kappa shape index (κ2) is 5.66. The van der Waals surface area contributed by atoms with E-state index in [1.165, 1.54) is 18.2 Å². The summed E-state index contributed by atoms with van der Waals surface area (Å²) in [5, 5.41) is 0. The van der Waals surface area contributed by atoms with Crippen molar-refractivity contribution in [2.75, 3.05) is 6.54 Å². The summed E-state index contributed by atoms with van der Waals surface area (Å²) in [6.07, 6.45) is 0. The lowest BCUT2D eigenvalue weighted by Crippen LogP contribution is -2.33. The zero-order chi connectivity index (χ0) is 17.5. The van der Waals surface area contributed by atoms with Crippen LogP contribution in [-0.4, -0.2) is 32.4 Å². The number of ketones is 2. The predicted molar refractivity (Wildman–Crippen MR) is 84.1 cm³/mol. The molecule has 0 spiro atoms. The molecular weight excluding hydrogens is 332 g/mol. The predicted octanol–water partition coefficient (Wildman–Crippen LogP) is 0.226. The number of rotatable bonds is 4. The van der Waals surface area contributed by atoms with Crippen molar-refractivity contribution in [1.29, 1.82) is 0 Å². The lowest BCUT2D eigenvalue weighted by Gasteiger charge is -2.18. The third-order valence-electron chi connectivity index (χ3n) is 3.64. The molecule has 0 bridgehead atoms. The third-order valence-corrected chi connectivity index (χ3v) is 5.04. The first kappa shape index (κ1) is 16.0. The van der Waals surface area contributed by atoms with Crippen LogP contribution in [0.3, 0.4) is 0 Å². The molecule has 3 rings (SSSR count). The Labute approximate surface area is 137 Å². The summed E-state index contributed by atoms with van der Waals surface area (Å²) < 4.78 is 26.3. The first-order valence-corrected chi connectivity index (χ1v) is 8.40. The molecule has 1 aliphatic rings. The van der Waals surface area contributed by atoms with Crippen LogP contribution < -0.4 is 10.5 Å². The fourth-order valence-corrected chi connectivity index (χ4v) is 3.51. The van der Waals surface area contributed by atoms with Crippen molar-refractivity contribution in [3.63, 3.8) is 0 Å². The van der Waals surface area contributed by atoms with Gasteiger partial charge in [-0.1, -0.05) is 24.3 Å². The SMILES string of the molecule is NC(=O)CNS(=O)(=O)c1ccc2c(c1)C(=O)c1ccccc1C2=O. The van der Waals surface area contributed by atoms with Crippen LogP contribution in [0.4, 0.5) is 0 Å². The first-order chi connectivity index (χ1) is 11.3. The monoisotopic (exact) mass is 344 g/mol. The molecule has 1 amide bonds. The van der Waals surface area contributed by atoms with E-state index in [-0.39, 0.29) is 32.9 Å². The molecule has 0 saturated heterocycles. The molecule has 0 heterocycles. The van der Waals surface area contributed by atoms with E-state index in [1.54, 1.807) is 18.2 Å². The minimum atomic E-state index is -4.02. The summed E-state index contributed by atoms with van der Waals surface area (Å²) in [5.74, 6) is -1.60. The number of amides is 1. The normalized spacial score (nSPS) is 13.3. The maximum absolute atomic E-state index is 12.6. The van der Waals surface area contributed by atoms with Crippen LogP contribution in [0.2, 0.25) is 0 Å². The average Bonchev–Trinajstić information content (AvgIpc) is 2.57. The molecule has 2 aromatic rings. The van der Waals surface area contributed by atoms with E-state index < -0.39 is 28.3 Å². The highest BCUT2D eigenvalue weighted by Gasteiger charge is 2.30. The molecule has 1 aliphatic carbocycles.